The summed E-state index contributed by atoms with van der Waals surface area (Å²) in [6, 6.07) is 97.5. The number of hydrogen-bond acceptors (Lipinski definition) is 1. The van der Waals surface area contributed by atoms with Gasteiger partial charge in [-0.2, -0.15) is 0 Å². The zero-order valence-corrected chi connectivity index (χ0v) is 38.8. The van der Waals surface area contributed by atoms with E-state index in [1.165, 1.54) is 98.4 Å². The Labute approximate surface area is 412 Å². The molecule has 0 N–H and O–H groups in total. The molecule has 0 aliphatic rings. The summed E-state index contributed by atoms with van der Waals surface area (Å²) in [5, 5.41) is 12.4. The Morgan fingerprint density at radius 1 is 0.211 bits per heavy atom. The SMILES string of the molecule is c1ccc(-c2ccc(-c3cc(-n4c5ccc(-c6ccccc6)cc5c5cc6c7ccccc7c7cc(-c8ccc9ccccc9c8)ccc7c6cc54)cc(-c4ccc(-c5ccccc5)cc4)n3)cc2)cc1. The summed E-state index contributed by atoms with van der Waals surface area (Å²) in [7, 11) is 0. The average Bonchev–Trinajstić information content (AvgIpc) is 3.78. The third-order valence-electron chi connectivity index (χ3n) is 14.6. The lowest BCUT2D eigenvalue weighted by Gasteiger charge is -2.15. The highest BCUT2D eigenvalue weighted by molar-refractivity contribution is 6.29. The van der Waals surface area contributed by atoms with Crippen LogP contribution >= 0.6 is 0 Å². The minimum atomic E-state index is 0.915. The lowest BCUT2D eigenvalue weighted by molar-refractivity contribution is 1.16. The second-order valence-corrected chi connectivity index (χ2v) is 18.7. The molecule has 0 radical (unpaired) electrons. The largest absolute Gasteiger partial charge is 0.309 e. The maximum atomic E-state index is 5.46. The van der Waals surface area contributed by atoms with Crippen molar-refractivity contribution >= 4 is 64.9 Å². The van der Waals surface area contributed by atoms with Gasteiger partial charge in [0.15, 0.2) is 0 Å². The predicted octanol–water partition coefficient (Wildman–Crippen LogP) is 18.8. The summed E-state index contributed by atoms with van der Waals surface area (Å²) in [6.45, 7) is 0. The van der Waals surface area contributed by atoms with Gasteiger partial charge in [0, 0.05) is 21.9 Å². The van der Waals surface area contributed by atoms with E-state index in [4.69, 9.17) is 4.98 Å². The van der Waals surface area contributed by atoms with Crippen molar-refractivity contribution in [2.24, 2.45) is 0 Å². The topological polar surface area (TPSA) is 17.8 Å². The normalized spacial score (nSPS) is 11.7. The molecule has 12 aromatic carbocycles. The molecule has 2 nitrogen and oxygen atoms in total. The molecule has 14 rings (SSSR count). The fourth-order valence-electron chi connectivity index (χ4n) is 11.0. The minimum Gasteiger partial charge on any atom is -0.309 e. The molecular formula is C69H44N2. The maximum absolute atomic E-state index is 5.46. The van der Waals surface area contributed by atoms with Gasteiger partial charge in [0.1, 0.15) is 0 Å². The fourth-order valence-corrected chi connectivity index (χ4v) is 11.0. The maximum Gasteiger partial charge on any atom is 0.0730 e. The first-order valence-electron chi connectivity index (χ1n) is 24.4. The van der Waals surface area contributed by atoms with Crippen LogP contribution in [0.15, 0.2) is 267 Å². The number of nitrogens with zero attached hydrogens (tertiary/aromatic N) is 2. The average molecular weight is 901 g/mol. The van der Waals surface area contributed by atoms with E-state index in [9.17, 15) is 0 Å². The zero-order chi connectivity index (χ0) is 46.8. The van der Waals surface area contributed by atoms with Crippen LogP contribution in [0.1, 0.15) is 0 Å². The van der Waals surface area contributed by atoms with Crippen LogP contribution in [0.2, 0.25) is 0 Å². The van der Waals surface area contributed by atoms with E-state index in [-0.39, 0.29) is 0 Å². The van der Waals surface area contributed by atoms with Crippen molar-refractivity contribution < 1.29 is 0 Å². The summed E-state index contributed by atoms with van der Waals surface area (Å²) in [4.78, 5) is 5.46. The van der Waals surface area contributed by atoms with Gasteiger partial charge in [0.05, 0.1) is 28.1 Å². The van der Waals surface area contributed by atoms with Gasteiger partial charge in [0.25, 0.3) is 0 Å². The molecule has 14 aromatic rings. The van der Waals surface area contributed by atoms with Crippen LogP contribution < -0.4 is 0 Å². The highest BCUT2D eigenvalue weighted by Gasteiger charge is 2.20. The summed E-state index contributed by atoms with van der Waals surface area (Å²) in [6.07, 6.45) is 0. The van der Waals surface area contributed by atoms with Crippen molar-refractivity contribution in [3.8, 4) is 72.7 Å². The Balaban J connectivity index is 1.03. The van der Waals surface area contributed by atoms with E-state index in [1.807, 2.05) is 0 Å². The van der Waals surface area contributed by atoms with Gasteiger partial charge in [-0.15, -0.1) is 0 Å². The third-order valence-corrected chi connectivity index (χ3v) is 14.6. The third kappa shape index (κ3) is 7.08. The molecule has 0 aliphatic carbocycles. The van der Waals surface area contributed by atoms with Crippen LogP contribution in [0.5, 0.6) is 0 Å². The van der Waals surface area contributed by atoms with E-state index < -0.39 is 0 Å². The second kappa shape index (κ2) is 16.7. The molecule has 0 saturated carbocycles. The Morgan fingerprint density at radius 2 is 0.606 bits per heavy atom. The van der Waals surface area contributed by atoms with Crippen LogP contribution in [0.4, 0.5) is 0 Å². The van der Waals surface area contributed by atoms with Gasteiger partial charge in [0.2, 0.25) is 0 Å². The van der Waals surface area contributed by atoms with Crippen molar-refractivity contribution in [1.82, 2.24) is 9.55 Å². The van der Waals surface area contributed by atoms with Crippen molar-refractivity contribution in [3.05, 3.63) is 267 Å². The van der Waals surface area contributed by atoms with Crippen LogP contribution in [0.25, 0.3) is 138 Å². The number of benzene rings is 12. The highest BCUT2D eigenvalue weighted by Crippen LogP contribution is 2.44. The Bertz CT molecular complexity index is 4240. The summed E-state index contributed by atoms with van der Waals surface area (Å²) < 4.78 is 2.48. The lowest BCUT2D eigenvalue weighted by atomic mass is 9.91. The number of hydrogen-bond donors (Lipinski definition) is 0. The monoisotopic (exact) mass is 900 g/mol. The number of fused-ring (bicyclic) bond motifs is 10. The van der Waals surface area contributed by atoms with Crippen LogP contribution in [0.3, 0.4) is 0 Å². The van der Waals surface area contributed by atoms with Crippen molar-refractivity contribution in [1.29, 1.82) is 0 Å². The van der Waals surface area contributed by atoms with Gasteiger partial charge < -0.3 is 4.57 Å². The zero-order valence-electron chi connectivity index (χ0n) is 38.8. The Kier molecular flexibility index (Phi) is 9.57. The first-order valence-corrected chi connectivity index (χ1v) is 24.4. The molecule has 0 saturated heterocycles. The molecule has 0 fully saturated rings. The smallest absolute Gasteiger partial charge is 0.0730 e. The lowest BCUT2D eigenvalue weighted by Crippen LogP contribution is -1.98. The van der Waals surface area contributed by atoms with Crippen molar-refractivity contribution in [2.45, 2.75) is 0 Å². The predicted molar refractivity (Wildman–Crippen MR) is 301 cm³/mol. The van der Waals surface area contributed by atoms with E-state index in [0.717, 1.165) is 39.2 Å². The van der Waals surface area contributed by atoms with Gasteiger partial charge in [-0.05, 0) is 136 Å². The van der Waals surface area contributed by atoms with Crippen molar-refractivity contribution in [2.75, 3.05) is 0 Å². The molecule has 2 aromatic heterocycles. The van der Waals surface area contributed by atoms with Crippen LogP contribution in [-0.4, -0.2) is 9.55 Å². The second-order valence-electron chi connectivity index (χ2n) is 18.7. The van der Waals surface area contributed by atoms with E-state index in [0.29, 0.717) is 0 Å². The molecule has 71 heavy (non-hydrogen) atoms. The quantitative estimate of drug-likeness (QED) is 0.146. The van der Waals surface area contributed by atoms with Gasteiger partial charge >= 0.3 is 0 Å². The Morgan fingerprint density at radius 3 is 1.23 bits per heavy atom. The minimum absolute atomic E-state index is 0.915. The van der Waals surface area contributed by atoms with Gasteiger partial charge in [-0.1, -0.05) is 218 Å². The van der Waals surface area contributed by atoms with Gasteiger partial charge in [-0.3, -0.25) is 0 Å². The van der Waals surface area contributed by atoms with E-state index in [2.05, 4.69) is 271 Å². The Hall–Kier alpha value is -9.37. The fraction of sp³-hybridized carbons (Fsp3) is 0. The number of pyridine rings is 1. The molecule has 0 atom stereocenters. The standard InChI is InChI=1S/C69H44N2/c1-4-14-45(15-5-1)49-24-29-51(30-25-49)66-41-57(42-67(70-66)52-31-26-50(27-32-52)46-16-6-2-7-17-46)71-68-37-35-55(47-18-8-3-9-19-47)40-64(68)65-43-62-59-23-13-12-22-58(59)61-39-56(34-36-60(61)63(62)44-69(65)71)54-33-28-48-20-10-11-21-53(48)38-54/h1-44H. The molecule has 0 aliphatic heterocycles. The van der Waals surface area contributed by atoms with E-state index >= 15 is 0 Å². The molecule has 2 heterocycles. The van der Waals surface area contributed by atoms with Crippen molar-refractivity contribution in [3.63, 3.8) is 0 Å². The van der Waals surface area contributed by atoms with Crippen LogP contribution in [-0.2, 0) is 0 Å². The van der Waals surface area contributed by atoms with Crippen LogP contribution in [0, 0.1) is 0 Å². The molecule has 0 bridgehead atoms. The summed E-state index contributed by atoms with van der Waals surface area (Å²) in [5.41, 5.74) is 16.8. The first kappa shape index (κ1) is 40.7. The molecule has 0 unspecified atom stereocenters. The number of aromatic nitrogens is 2. The molecule has 2 heteroatoms. The summed E-state index contributed by atoms with van der Waals surface area (Å²) >= 11 is 0. The first-order chi connectivity index (χ1) is 35.2. The van der Waals surface area contributed by atoms with E-state index in [1.54, 1.807) is 0 Å². The molecular weight excluding hydrogens is 857 g/mol. The van der Waals surface area contributed by atoms with Gasteiger partial charge in [-0.25, -0.2) is 4.98 Å². The molecule has 330 valence electrons. The summed E-state index contributed by atoms with van der Waals surface area (Å²) in [5.74, 6) is 0. The highest BCUT2D eigenvalue weighted by atomic mass is 15.0. The number of rotatable bonds is 7. The molecule has 0 spiro atoms. The molecule has 0 amide bonds.